The number of piperidine rings is 2. The molecule has 0 aliphatic carbocycles. The number of allylic oxidation sites excluding steroid dienone is 2. The summed E-state index contributed by atoms with van der Waals surface area (Å²) in [7, 11) is 0. The van der Waals surface area contributed by atoms with Gasteiger partial charge < -0.3 is 70.6 Å². The molecule has 0 saturated carbocycles. The topological polar surface area (TPSA) is 278 Å². The molecule has 0 aromatic carbocycles. The molecule has 0 amide bonds. The number of nitrogens with one attached hydrogen (secondary N) is 1. The van der Waals surface area contributed by atoms with Gasteiger partial charge in [-0.25, -0.2) is 0 Å². The van der Waals surface area contributed by atoms with Crippen molar-refractivity contribution in [1.82, 2.24) is 5.32 Å². The summed E-state index contributed by atoms with van der Waals surface area (Å²) in [6, 6.07) is -4.83. The van der Waals surface area contributed by atoms with Crippen LogP contribution in [0.5, 0.6) is 0 Å². The van der Waals surface area contributed by atoms with Crippen molar-refractivity contribution in [2.75, 3.05) is 0 Å². The fourth-order valence-corrected chi connectivity index (χ4v) is 3.26. The van der Waals surface area contributed by atoms with E-state index < -0.39 is 66.0 Å². The Balaban J connectivity index is 0.000000518. The first kappa shape index (κ1) is 34.5. The smallest absolute Gasteiger partial charge is 0.647 e. The zero-order valence-electron chi connectivity index (χ0n) is 19.0. The molecule has 15 nitrogen and oxygen atoms in total. The fraction of sp³-hybridized carbons (Fsp3) is 0.524. The quantitative estimate of drug-likeness (QED) is 0.264. The van der Waals surface area contributed by atoms with Crippen molar-refractivity contribution < 1.29 is 106 Å². The van der Waals surface area contributed by atoms with E-state index in [2.05, 4.69) is 16.0 Å². The Morgan fingerprint density at radius 2 is 1.14 bits per heavy atom. The van der Waals surface area contributed by atoms with Crippen LogP contribution in [0.3, 0.4) is 0 Å². The zero-order valence-corrected chi connectivity index (χ0v) is 20.7. The number of carbonyl (C=O) groups excluding carboxylic acids is 5. The first-order chi connectivity index (χ1) is 16.8. The van der Waals surface area contributed by atoms with E-state index in [4.69, 9.17) is 5.11 Å². The average Bonchev–Trinajstić information content (AvgIpc) is 2.85. The van der Waals surface area contributed by atoms with Gasteiger partial charge in [-0.3, -0.25) is 4.79 Å². The number of carbonyl (C=O) groups is 6. The Hall–Kier alpha value is -2.46. The van der Waals surface area contributed by atoms with E-state index in [1.54, 1.807) is 0 Å². The summed E-state index contributed by atoms with van der Waals surface area (Å²) >= 11 is 0. The SMILES string of the molecule is O=C([O-])C1=CC=CC(C(=O)[O-])N1.O=C([O-])C1CCCC(C(=O)O)[N-]1.O=C([O-])C1CCCC(C(=O)[O-])[N-]1.[Yb+3]. The minimum absolute atomic E-state index is 0. The van der Waals surface area contributed by atoms with E-state index in [0.29, 0.717) is 38.5 Å². The molecule has 1 radical (unpaired) electrons. The molecule has 0 aromatic heterocycles. The van der Waals surface area contributed by atoms with Gasteiger partial charge in [0.15, 0.2) is 0 Å². The summed E-state index contributed by atoms with van der Waals surface area (Å²) < 4.78 is 0. The van der Waals surface area contributed by atoms with Crippen molar-refractivity contribution in [2.45, 2.75) is 68.7 Å². The molecule has 3 rings (SSSR count). The second-order valence-corrected chi connectivity index (χ2v) is 7.71. The maximum Gasteiger partial charge on any atom is 3.00 e. The number of carboxylic acids is 6. The van der Waals surface area contributed by atoms with Gasteiger partial charge in [-0.1, -0.05) is 68.8 Å². The van der Waals surface area contributed by atoms with Crippen molar-refractivity contribution in [1.29, 1.82) is 0 Å². The average molecular weight is 681 g/mol. The number of aliphatic carboxylic acids is 6. The Morgan fingerprint density at radius 1 is 0.730 bits per heavy atom. The third-order valence-electron chi connectivity index (χ3n) is 5.08. The van der Waals surface area contributed by atoms with Gasteiger partial charge in [-0.2, -0.15) is 0 Å². The van der Waals surface area contributed by atoms with Crippen molar-refractivity contribution in [2.24, 2.45) is 0 Å². The molecular formula is C21H22N3O12Yb-4. The number of nitrogens with zero attached hydrogens (tertiary/aromatic N) is 2. The molecule has 2 saturated heterocycles. The van der Waals surface area contributed by atoms with E-state index in [1.165, 1.54) is 18.2 Å². The minimum Gasteiger partial charge on any atom is -0.647 e. The first-order valence-corrected chi connectivity index (χ1v) is 10.7. The molecule has 0 spiro atoms. The number of carboxylic acid groups (broad SMARTS) is 6. The maximum atomic E-state index is 10.4. The molecule has 5 atom stereocenters. The predicted molar refractivity (Wildman–Crippen MR) is 106 cm³/mol. The van der Waals surface area contributed by atoms with Crippen molar-refractivity contribution >= 4 is 35.8 Å². The van der Waals surface area contributed by atoms with Crippen LogP contribution < -0.4 is 30.8 Å². The van der Waals surface area contributed by atoms with Crippen LogP contribution in [-0.4, -0.2) is 71.1 Å². The number of dihydropyridines is 1. The number of hydrogen-bond donors (Lipinski definition) is 2. The van der Waals surface area contributed by atoms with E-state index in [1.807, 2.05) is 0 Å². The van der Waals surface area contributed by atoms with Crippen LogP contribution in [0.15, 0.2) is 23.9 Å². The van der Waals surface area contributed by atoms with Gasteiger partial charge in [0, 0.05) is 17.9 Å². The summed E-state index contributed by atoms with van der Waals surface area (Å²) in [5, 5.41) is 69.3. The molecule has 16 heteroatoms. The van der Waals surface area contributed by atoms with Crippen LogP contribution in [-0.2, 0) is 28.8 Å². The molecule has 2 fully saturated rings. The van der Waals surface area contributed by atoms with Gasteiger partial charge in [-0.05, 0) is 12.1 Å². The van der Waals surface area contributed by atoms with Crippen molar-refractivity contribution in [3.63, 3.8) is 0 Å². The monoisotopic (exact) mass is 682 g/mol. The predicted octanol–water partition coefficient (Wildman–Crippen LogP) is -6.21. The molecular weight excluding hydrogens is 659 g/mol. The van der Waals surface area contributed by atoms with Gasteiger partial charge in [0.25, 0.3) is 5.97 Å². The van der Waals surface area contributed by atoms with Gasteiger partial charge in [0.1, 0.15) is 0 Å². The van der Waals surface area contributed by atoms with Crippen LogP contribution >= 0.6 is 0 Å². The first-order valence-electron chi connectivity index (χ1n) is 10.7. The van der Waals surface area contributed by atoms with Crippen LogP contribution in [0.4, 0.5) is 0 Å². The van der Waals surface area contributed by atoms with Gasteiger partial charge in [0.05, 0.1) is 23.7 Å². The Labute approximate surface area is 249 Å². The standard InChI is InChI=1S/2C7H10NO4.C7H7NO4.Yb/c3*9-6(10)4-2-1-3-5(8-4)7(11)12;/h2*4-5H,1-3H2,(H,9,10)(H,11,12);1-4,8H,(H,9,10)(H,11,12);/q2*-1;;+3/p-5. The summed E-state index contributed by atoms with van der Waals surface area (Å²) in [5.74, 6) is -7.76. The van der Waals surface area contributed by atoms with Crippen LogP contribution in [0.2, 0.25) is 0 Å². The molecule has 0 bridgehead atoms. The van der Waals surface area contributed by atoms with Crippen molar-refractivity contribution in [3.8, 4) is 0 Å². The molecule has 3 heterocycles. The summed E-state index contributed by atoms with van der Waals surface area (Å²) in [6.07, 6.45) is 6.50. The normalized spacial score (nSPS) is 26.1. The molecule has 3 aliphatic heterocycles. The van der Waals surface area contributed by atoms with Crippen molar-refractivity contribution in [3.05, 3.63) is 34.6 Å². The van der Waals surface area contributed by atoms with Gasteiger partial charge in [-0.15, -0.1) is 0 Å². The van der Waals surface area contributed by atoms with E-state index >= 15 is 0 Å². The van der Waals surface area contributed by atoms with Crippen LogP contribution in [0.1, 0.15) is 38.5 Å². The molecule has 2 N–H and O–H groups in total. The zero-order chi connectivity index (χ0) is 27.4. The number of rotatable bonds is 6. The van der Waals surface area contributed by atoms with Crippen LogP contribution in [0.25, 0.3) is 10.6 Å². The second-order valence-electron chi connectivity index (χ2n) is 7.71. The molecule has 37 heavy (non-hydrogen) atoms. The second kappa shape index (κ2) is 17.1. The summed E-state index contributed by atoms with van der Waals surface area (Å²) in [5.41, 5.74) is -0.258. The molecule has 0 aromatic rings. The maximum absolute atomic E-state index is 10.4. The molecule has 3 aliphatic rings. The largest absolute Gasteiger partial charge is 3.00 e. The fourth-order valence-electron chi connectivity index (χ4n) is 3.26. The number of hydrogen-bond acceptors (Lipinski definition) is 12. The Bertz CT molecular complexity index is 838. The summed E-state index contributed by atoms with van der Waals surface area (Å²) in [4.78, 5) is 61.8. The van der Waals surface area contributed by atoms with E-state index in [9.17, 15) is 54.3 Å². The van der Waals surface area contributed by atoms with Gasteiger partial charge >= 0.3 is 46.9 Å². The molecule has 5 unspecified atom stereocenters. The third kappa shape index (κ3) is 12.6. The Kier molecular flexibility index (Phi) is 16.0. The minimum atomic E-state index is -1.44. The summed E-state index contributed by atoms with van der Waals surface area (Å²) in [6.45, 7) is 0. The third-order valence-corrected chi connectivity index (χ3v) is 5.08. The van der Waals surface area contributed by atoms with E-state index in [-0.39, 0.29) is 52.6 Å². The van der Waals surface area contributed by atoms with Crippen LogP contribution in [0, 0.1) is 46.9 Å². The van der Waals surface area contributed by atoms with E-state index in [0.717, 1.165) is 0 Å². The Morgan fingerprint density at radius 3 is 1.49 bits per heavy atom. The molecule has 211 valence electrons. The van der Waals surface area contributed by atoms with Gasteiger partial charge in [0.2, 0.25) is 0 Å².